The summed E-state index contributed by atoms with van der Waals surface area (Å²) in [6.45, 7) is 21.8. The van der Waals surface area contributed by atoms with E-state index < -0.39 is 0 Å². The van der Waals surface area contributed by atoms with Crippen LogP contribution in [-0.4, -0.2) is 7.28 Å². The van der Waals surface area contributed by atoms with Crippen molar-refractivity contribution in [1.29, 1.82) is 0 Å². The van der Waals surface area contributed by atoms with Gasteiger partial charge in [0, 0.05) is 33.7 Å². The molecule has 4 heteroatoms. The molecule has 0 radical (unpaired) electrons. The zero-order valence-corrected chi connectivity index (χ0v) is 41.9. The number of nitrogens with one attached hydrogen (secondary N) is 1. The number of benzene rings is 8. The molecule has 0 bridgehead atoms. The molecule has 3 aliphatic rings. The summed E-state index contributed by atoms with van der Waals surface area (Å²) in [6.07, 6.45) is 4.63. The van der Waals surface area contributed by atoms with E-state index >= 15 is 0 Å². The van der Waals surface area contributed by atoms with Gasteiger partial charge in [-0.2, -0.15) is 0 Å². The minimum atomic E-state index is 0.0295. The number of anilines is 5. The van der Waals surface area contributed by atoms with Gasteiger partial charge in [-0.05, 0) is 175 Å². The first-order valence-corrected chi connectivity index (χ1v) is 25.3. The molecule has 0 fully saturated rings. The van der Waals surface area contributed by atoms with Crippen LogP contribution in [0, 0.1) is 6.92 Å². The minimum absolute atomic E-state index is 0.0295. The van der Waals surface area contributed by atoms with Gasteiger partial charge in [-0.1, -0.05) is 165 Å². The molecule has 0 unspecified atom stereocenters. The summed E-state index contributed by atoms with van der Waals surface area (Å²) in [5.74, 6) is 0. The molecule has 8 aromatic carbocycles. The molecule has 1 N–H and O–H groups in total. The Morgan fingerprint density at radius 3 is 1.70 bits per heavy atom. The van der Waals surface area contributed by atoms with Gasteiger partial charge in [-0.15, -0.1) is 0 Å². The van der Waals surface area contributed by atoms with Crippen molar-refractivity contribution >= 4 is 68.6 Å². The molecule has 0 amide bonds. The van der Waals surface area contributed by atoms with E-state index in [4.69, 9.17) is 4.42 Å². The molecule has 1 aromatic heterocycles. The van der Waals surface area contributed by atoms with Gasteiger partial charge in [0.1, 0.15) is 5.58 Å². The van der Waals surface area contributed by atoms with E-state index in [1.807, 2.05) is 0 Å². The standard InChI is InChI=1S/C65H63BN2O/c1-40-34-50-52(64(6,7)32-30-62(50,2)3)38-55(40)68-56-36-45(42-20-14-11-15-21-42)35-49(59(56)66-61-60(68)48-37-51-53(39-57(48)69-61)65(8,9)33-31-63(51,4)5)58-47-23-17-16-22-44(47)26-29-54(58)67-46-27-24-43(25-28-46)41-18-12-10-13-19-41/h10-29,34-39,66-67H,30-33H2,1-9H3. The summed E-state index contributed by atoms with van der Waals surface area (Å²) in [6, 6.07) is 58.9. The van der Waals surface area contributed by atoms with Gasteiger partial charge >= 0.3 is 0 Å². The molecule has 69 heavy (non-hydrogen) atoms. The summed E-state index contributed by atoms with van der Waals surface area (Å²) in [5, 5.41) is 7.58. The predicted octanol–water partition coefficient (Wildman–Crippen LogP) is 16.5. The van der Waals surface area contributed by atoms with Crippen molar-refractivity contribution in [2.45, 2.75) is 110 Å². The largest absolute Gasteiger partial charge is 0.469 e. The van der Waals surface area contributed by atoms with Gasteiger partial charge in [0.15, 0.2) is 0 Å². The molecule has 1 aliphatic heterocycles. The molecule has 3 nitrogen and oxygen atoms in total. The van der Waals surface area contributed by atoms with Crippen LogP contribution in [0.15, 0.2) is 162 Å². The summed E-state index contributed by atoms with van der Waals surface area (Å²) in [4.78, 5) is 2.64. The van der Waals surface area contributed by atoms with E-state index in [0.717, 1.165) is 41.9 Å². The number of nitrogens with zero attached hydrogens (tertiary/aromatic N) is 1. The zero-order chi connectivity index (χ0) is 47.6. The SMILES string of the molecule is Cc1cc2c(cc1N1c3cc(-c4ccccc4)cc(-c4c(Nc5ccc(-c6ccccc6)cc5)ccc5ccccc45)c3Bc3oc4cc5c(cc4c31)C(C)(C)CCC5(C)C)C(C)(C)CCC2(C)C. The summed E-state index contributed by atoms with van der Waals surface area (Å²) in [5.41, 5.74) is 23.5. The molecule has 0 saturated carbocycles. The van der Waals surface area contributed by atoms with Crippen LogP contribution < -0.4 is 21.3 Å². The second-order valence-electron chi connectivity index (χ2n) is 23.2. The Morgan fingerprint density at radius 2 is 1.04 bits per heavy atom. The predicted molar refractivity (Wildman–Crippen MR) is 296 cm³/mol. The molecular weight excluding hydrogens is 836 g/mol. The Bertz CT molecular complexity index is 3500. The third kappa shape index (κ3) is 7.16. The molecule has 9 aromatic rings. The van der Waals surface area contributed by atoms with Crippen LogP contribution in [-0.2, 0) is 21.7 Å². The number of furan rings is 1. The molecule has 0 atom stereocenters. The van der Waals surface area contributed by atoms with Crippen LogP contribution in [0.4, 0.5) is 28.4 Å². The maximum Gasteiger partial charge on any atom is 0.244 e. The molecule has 342 valence electrons. The van der Waals surface area contributed by atoms with Crippen LogP contribution in [0.25, 0.3) is 55.1 Å². The first kappa shape index (κ1) is 43.5. The van der Waals surface area contributed by atoms with Gasteiger partial charge in [0.2, 0.25) is 7.28 Å². The quantitative estimate of drug-likeness (QED) is 0.169. The lowest BCUT2D eigenvalue weighted by molar-refractivity contribution is 0.332. The highest BCUT2D eigenvalue weighted by Crippen LogP contribution is 2.53. The smallest absolute Gasteiger partial charge is 0.244 e. The molecular formula is C65H63BN2O. The van der Waals surface area contributed by atoms with Crippen molar-refractivity contribution in [2.24, 2.45) is 0 Å². The lowest BCUT2D eigenvalue weighted by Gasteiger charge is -2.43. The van der Waals surface area contributed by atoms with E-state index in [-0.39, 0.29) is 21.7 Å². The lowest BCUT2D eigenvalue weighted by Crippen LogP contribution is -2.40. The molecule has 12 rings (SSSR count). The van der Waals surface area contributed by atoms with Crippen LogP contribution >= 0.6 is 0 Å². The maximum absolute atomic E-state index is 7.36. The van der Waals surface area contributed by atoms with E-state index in [9.17, 15) is 0 Å². The fourth-order valence-electron chi connectivity index (χ4n) is 12.3. The monoisotopic (exact) mass is 899 g/mol. The topological polar surface area (TPSA) is 28.4 Å². The molecule has 0 saturated heterocycles. The van der Waals surface area contributed by atoms with Crippen LogP contribution in [0.5, 0.6) is 0 Å². The summed E-state index contributed by atoms with van der Waals surface area (Å²) >= 11 is 0. The van der Waals surface area contributed by atoms with Crippen molar-refractivity contribution in [1.82, 2.24) is 0 Å². The van der Waals surface area contributed by atoms with Gasteiger partial charge in [0.25, 0.3) is 0 Å². The lowest BCUT2D eigenvalue weighted by atomic mass is 9.60. The fourth-order valence-corrected chi connectivity index (χ4v) is 12.3. The van der Waals surface area contributed by atoms with E-state index in [1.165, 1.54) is 106 Å². The van der Waals surface area contributed by atoms with Crippen LogP contribution in [0.1, 0.15) is 109 Å². The highest BCUT2D eigenvalue weighted by molar-refractivity contribution is 6.73. The van der Waals surface area contributed by atoms with Gasteiger partial charge in [0.05, 0.1) is 11.3 Å². The van der Waals surface area contributed by atoms with Crippen LogP contribution in [0.3, 0.4) is 0 Å². The van der Waals surface area contributed by atoms with Crippen molar-refractivity contribution in [2.75, 3.05) is 10.2 Å². The van der Waals surface area contributed by atoms with E-state index in [2.05, 4.69) is 230 Å². The fraction of sp³-hybridized carbons (Fsp3) is 0.262. The molecule has 2 heterocycles. The number of rotatable bonds is 6. The summed E-state index contributed by atoms with van der Waals surface area (Å²) in [7, 11) is 0.661. The first-order chi connectivity index (χ1) is 33.1. The van der Waals surface area contributed by atoms with E-state index in [0.29, 0.717) is 7.28 Å². The highest BCUT2D eigenvalue weighted by atomic mass is 16.3. The Hall–Kier alpha value is -6.78. The molecule has 2 aliphatic carbocycles. The number of hydrogen-bond donors (Lipinski definition) is 1. The Kier molecular flexibility index (Phi) is 9.85. The number of hydrogen-bond acceptors (Lipinski definition) is 3. The highest BCUT2D eigenvalue weighted by Gasteiger charge is 2.42. The van der Waals surface area contributed by atoms with Gasteiger partial charge < -0.3 is 14.6 Å². The third-order valence-electron chi connectivity index (χ3n) is 16.7. The van der Waals surface area contributed by atoms with Crippen molar-refractivity contribution in [3.63, 3.8) is 0 Å². The second kappa shape index (κ2) is 15.6. The average molecular weight is 899 g/mol. The normalized spacial score (nSPS) is 17.1. The number of fused-ring (bicyclic) bond motifs is 7. The van der Waals surface area contributed by atoms with Crippen LogP contribution in [0.2, 0.25) is 0 Å². The first-order valence-electron chi connectivity index (χ1n) is 25.3. The van der Waals surface area contributed by atoms with Crippen molar-refractivity contribution in [3.05, 3.63) is 186 Å². The van der Waals surface area contributed by atoms with Gasteiger partial charge in [-0.3, -0.25) is 0 Å². The zero-order valence-electron chi connectivity index (χ0n) is 41.9. The average Bonchev–Trinajstić information content (AvgIpc) is 3.71. The Balaban J connectivity index is 1.15. The third-order valence-corrected chi connectivity index (χ3v) is 16.7. The second-order valence-corrected chi connectivity index (χ2v) is 23.2. The summed E-state index contributed by atoms with van der Waals surface area (Å²) < 4.78 is 7.36. The van der Waals surface area contributed by atoms with E-state index in [1.54, 1.807) is 0 Å². The number of aryl methyl sites for hydroxylation is 1. The van der Waals surface area contributed by atoms with Crippen molar-refractivity contribution < 1.29 is 4.42 Å². The minimum Gasteiger partial charge on any atom is -0.469 e. The Labute approximate surface area is 409 Å². The molecule has 0 spiro atoms. The van der Waals surface area contributed by atoms with Gasteiger partial charge in [-0.25, -0.2) is 0 Å². The Morgan fingerprint density at radius 1 is 0.493 bits per heavy atom. The maximum atomic E-state index is 7.36. The van der Waals surface area contributed by atoms with Crippen molar-refractivity contribution in [3.8, 4) is 33.4 Å².